The van der Waals surface area contributed by atoms with E-state index in [0.717, 1.165) is 36.0 Å². The Morgan fingerprint density at radius 1 is 1.04 bits per heavy atom. The van der Waals surface area contributed by atoms with Crippen LogP contribution in [0.1, 0.15) is 55.9 Å². The number of benzene rings is 1. The molecule has 0 unspecified atom stereocenters. The molecule has 2 N–H and O–H groups in total. The molecule has 0 spiro atoms. The Morgan fingerprint density at radius 3 is 2.42 bits per heavy atom. The summed E-state index contributed by atoms with van der Waals surface area (Å²) < 4.78 is 12.0. The molecule has 4 heteroatoms. The van der Waals surface area contributed by atoms with Crippen molar-refractivity contribution in [3.05, 3.63) is 40.1 Å². The maximum absolute atomic E-state index is 6.09. The smallest absolute Gasteiger partial charge is 0.239 e. The molecule has 0 radical (unpaired) electrons. The van der Waals surface area contributed by atoms with Crippen molar-refractivity contribution in [2.45, 2.75) is 58.8 Å². The third-order valence-electron chi connectivity index (χ3n) is 5.22. The second-order valence-electron chi connectivity index (χ2n) is 7.85. The van der Waals surface area contributed by atoms with Gasteiger partial charge in [-0.25, -0.2) is 0 Å². The fourth-order valence-electron chi connectivity index (χ4n) is 3.95. The quantitative estimate of drug-likeness (QED) is 0.491. The summed E-state index contributed by atoms with van der Waals surface area (Å²) in [7, 11) is 0. The van der Waals surface area contributed by atoms with Crippen molar-refractivity contribution in [3.63, 3.8) is 0 Å². The summed E-state index contributed by atoms with van der Waals surface area (Å²) in [5.41, 5.74) is 7.14. The van der Waals surface area contributed by atoms with Crippen molar-refractivity contribution in [1.29, 1.82) is 0 Å². The summed E-state index contributed by atoms with van der Waals surface area (Å²) >= 11 is 0. The van der Waals surface area contributed by atoms with Crippen molar-refractivity contribution in [2.75, 3.05) is 0 Å². The van der Waals surface area contributed by atoms with Gasteiger partial charge in [0.2, 0.25) is 5.55 Å². The van der Waals surface area contributed by atoms with Gasteiger partial charge in [0.15, 0.2) is 0 Å². The lowest BCUT2D eigenvalue weighted by atomic mass is 9.85. The lowest BCUT2D eigenvalue weighted by Gasteiger charge is -2.19. The predicted molar refractivity (Wildman–Crippen MR) is 95.8 cm³/mol. The zero-order valence-electron chi connectivity index (χ0n) is 14.8. The van der Waals surface area contributed by atoms with E-state index in [1.54, 1.807) is 0 Å². The van der Waals surface area contributed by atoms with Gasteiger partial charge < -0.3 is 14.7 Å². The van der Waals surface area contributed by atoms with Crippen LogP contribution < -0.4 is 11.4 Å². The highest BCUT2D eigenvalue weighted by Crippen LogP contribution is 2.38. The number of rotatable bonds is 0. The van der Waals surface area contributed by atoms with Gasteiger partial charge in [-0.2, -0.15) is 0 Å². The molecule has 0 saturated heterocycles. The largest absolute Gasteiger partial charge is 0.464 e. The lowest BCUT2D eigenvalue weighted by Crippen LogP contribution is -2.19. The molecule has 0 saturated carbocycles. The minimum Gasteiger partial charge on any atom is -0.464 e. The van der Waals surface area contributed by atoms with Gasteiger partial charge in [-0.3, -0.25) is 0 Å². The van der Waals surface area contributed by atoms with Crippen LogP contribution >= 0.6 is 0 Å². The Kier molecular flexibility index (Phi) is 3.27. The number of fused-ring (bicyclic) bond motifs is 4. The summed E-state index contributed by atoms with van der Waals surface area (Å²) in [6.07, 6.45) is 6.29. The Labute approximate surface area is 141 Å². The molecular formula is C20H24N2O2. The normalized spacial score (nSPS) is 16.1. The summed E-state index contributed by atoms with van der Waals surface area (Å²) in [4.78, 5) is 0. The maximum atomic E-state index is 6.09. The second kappa shape index (κ2) is 5.13. The third-order valence-corrected chi connectivity index (χ3v) is 5.22. The van der Waals surface area contributed by atoms with Crippen LogP contribution in [0.4, 0.5) is 0 Å². The zero-order valence-corrected chi connectivity index (χ0v) is 14.8. The molecule has 2 heterocycles. The summed E-state index contributed by atoms with van der Waals surface area (Å²) in [5.74, 6) is 5.60. The minimum atomic E-state index is 0.0368. The SMILES string of the molecule is Cc1c2occ(C(C)(C)C)c2cc2c3c(/c(=N/N)oc12)CCCC3. The van der Waals surface area contributed by atoms with E-state index < -0.39 is 0 Å². The van der Waals surface area contributed by atoms with E-state index in [2.05, 4.69) is 38.9 Å². The van der Waals surface area contributed by atoms with Crippen LogP contribution in [0.2, 0.25) is 0 Å². The van der Waals surface area contributed by atoms with Gasteiger partial charge in [0.25, 0.3) is 0 Å². The van der Waals surface area contributed by atoms with E-state index >= 15 is 0 Å². The molecule has 24 heavy (non-hydrogen) atoms. The van der Waals surface area contributed by atoms with E-state index in [0.29, 0.717) is 5.55 Å². The van der Waals surface area contributed by atoms with Crippen LogP contribution in [-0.2, 0) is 18.3 Å². The van der Waals surface area contributed by atoms with Crippen LogP contribution in [0.5, 0.6) is 0 Å². The molecule has 126 valence electrons. The van der Waals surface area contributed by atoms with Crippen molar-refractivity contribution >= 4 is 21.9 Å². The topological polar surface area (TPSA) is 64.7 Å². The van der Waals surface area contributed by atoms with Gasteiger partial charge in [-0.05, 0) is 49.7 Å². The fourth-order valence-corrected chi connectivity index (χ4v) is 3.95. The molecule has 3 aromatic rings. The minimum absolute atomic E-state index is 0.0368. The highest BCUT2D eigenvalue weighted by Gasteiger charge is 2.24. The Hall–Kier alpha value is -2.23. The predicted octanol–water partition coefficient (Wildman–Crippen LogP) is 4.44. The first-order valence-corrected chi connectivity index (χ1v) is 8.65. The number of furan rings is 1. The fraction of sp³-hybridized carbons (Fsp3) is 0.450. The molecule has 4 nitrogen and oxygen atoms in total. The van der Waals surface area contributed by atoms with Crippen molar-refractivity contribution < 1.29 is 8.83 Å². The lowest BCUT2D eigenvalue weighted by molar-refractivity contribution is 0.509. The molecule has 0 aliphatic heterocycles. The molecule has 1 aromatic carbocycles. The van der Waals surface area contributed by atoms with Crippen molar-refractivity contribution in [2.24, 2.45) is 10.9 Å². The highest BCUT2D eigenvalue weighted by atomic mass is 16.3. The standard InChI is InChI=1S/C20H24N2O2/c1-11-17-15(16(10-23-17)20(2,3)4)9-14-12-7-5-6-8-13(12)19(22-21)24-18(11)14/h9-10H,5-8,21H2,1-4H3/b22-19-. The molecule has 1 aliphatic rings. The van der Waals surface area contributed by atoms with Crippen LogP contribution in [0.25, 0.3) is 21.9 Å². The van der Waals surface area contributed by atoms with Gasteiger partial charge in [-0.1, -0.05) is 20.8 Å². The Balaban J connectivity index is 2.18. The molecule has 0 amide bonds. The van der Waals surface area contributed by atoms with E-state index in [9.17, 15) is 0 Å². The van der Waals surface area contributed by atoms with E-state index in [-0.39, 0.29) is 5.41 Å². The molecular weight excluding hydrogens is 300 g/mol. The first kappa shape index (κ1) is 15.3. The molecule has 4 rings (SSSR count). The van der Waals surface area contributed by atoms with Crippen molar-refractivity contribution in [3.8, 4) is 0 Å². The first-order valence-electron chi connectivity index (χ1n) is 8.65. The van der Waals surface area contributed by atoms with E-state index in [4.69, 9.17) is 14.7 Å². The van der Waals surface area contributed by atoms with E-state index in [1.807, 2.05) is 6.26 Å². The average molecular weight is 324 g/mol. The molecule has 0 fully saturated rings. The third kappa shape index (κ3) is 2.09. The summed E-state index contributed by atoms with van der Waals surface area (Å²) in [6, 6.07) is 2.25. The number of hydrogen-bond acceptors (Lipinski definition) is 4. The van der Waals surface area contributed by atoms with E-state index in [1.165, 1.54) is 33.9 Å². The molecule has 0 atom stereocenters. The monoisotopic (exact) mass is 324 g/mol. The van der Waals surface area contributed by atoms with Crippen LogP contribution in [0.3, 0.4) is 0 Å². The van der Waals surface area contributed by atoms with Gasteiger partial charge in [0, 0.05) is 27.5 Å². The zero-order chi connectivity index (χ0) is 17.1. The first-order chi connectivity index (χ1) is 11.4. The van der Waals surface area contributed by atoms with Crippen LogP contribution in [0.15, 0.2) is 26.3 Å². The second-order valence-corrected chi connectivity index (χ2v) is 7.85. The van der Waals surface area contributed by atoms with Gasteiger partial charge in [0.1, 0.15) is 11.2 Å². The summed E-state index contributed by atoms with van der Waals surface area (Å²) in [6.45, 7) is 8.70. The molecule has 0 bridgehead atoms. The number of nitrogens with zero attached hydrogens (tertiary/aromatic N) is 1. The highest BCUT2D eigenvalue weighted by molar-refractivity contribution is 6.00. The Bertz CT molecular complexity index is 1020. The maximum Gasteiger partial charge on any atom is 0.239 e. The number of nitrogens with two attached hydrogens (primary N) is 1. The van der Waals surface area contributed by atoms with Gasteiger partial charge >= 0.3 is 0 Å². The van der Waals surface area contributed by atoms with Crippen LogP contribution in [-0.4, -0.2) is 0 Å². The number of aryl methyl sites for hydroxylation is 2. The Morgan fingerprint density at radius 2 is 1.75 bits per heavy atom. The van der Waals surface area contributed by atoms with Crippen molar-refractivity contribution in [1.82, 2.24) is 0 Å². The number of hydrogen-bond donors (Lipinski definition) is 1. The van der Waals surface area contributed by atoms with Gasteiger partial charge in [0.05, 0.1) is 6.26 Å². The van der Waals surface area contributed by atoms with Gasteiger partial charge in [-0.15, -0.1) is 5.10 Å². The van der Waals surface area contributed by atoms with Crippen LogP contribution in [0, 0.1) is 6.92 Å². The molecule has 1 aliphatic carbocycles. The average Bonchev–Trinajstić information content (AvgIpc) is 2.99. The summed E-state index contributed by atoms with van der Waals surface area (Å²) in [5, 5.41) is 6.28. The molecule has 2 aromatic heterocycles.